The second-order valence-electron chi connectivity index (χ2n) is 6.16. The lowest BCUT2D eigenvalue weighted by Crippen LogP contribution is -2.51. The van der Waals surface area contributed by atoms with Gasteiger partial charge in [0.15, 0.2) is 6.61 Å². The molecule has 1 aromatic carbocycles. The first kappa shape index (κ1) is 20.8. The number of hydrogen-bond acceptors (Lipinski definition) is 6. The number of ether oxygens (including phenoxy) is 1. The number of amides is 1. The number of benzene rings is 1. The Kier molecular flexibility index (Phi) is 6.71. The molecule has 150 valence electrons. The molecular formula is C18H19ClN2O5S2. The van der Waals surface area contributed by atoms with Crippen LogP contribution in [0.4, 0.5) is 0 Å². The molecule has 1 aromatic heterocycles. The van der Waals surface area contributed by atoms with Crippen LogP contribution in [-0.2, 0) is 30.8 Å². The highest BCUT2D eigenvalue weighted by Crippen LogP contribution is 2.20. The van der Waals surface area contributed by atoms with Gasteiger partial charge in [0.05, 0.1) is 11.3 Å². The van der Waals surface area contributed by atoms with Gasteiger partial charge in [-0.3, -0.25) is 9.59 Å². The van der Waals surface area contributed by atoms with Crippen molar-refractivity contribution >= 4 is 44.8 Å². The highest BCUT2D eigenvalue weighted by molar-refractivity contribution is 7.89. The van der Waals surface area contributed by atoms with Gasteiger partial charge in [-0.2, -0.15) is 4.31 Å². The Balaban J connectivity index is 1.48. The smallest absolute Gasteiger partial charge is 0.311 e. The first-order valence-electron chi connectivity index (χ1n) is 8.58. The van der Waals surface area contributed by atoms with E-state index >= 15 is 0 Å². The van der Waals surface area contributed by atoms with Crippen LogP contribution in [0.3, 0.4) is 0 Å². The lowest BCUT2D eigenvalue weighted by atomic mass is 10.3. The molecule has 0 radical (unpaired) electrons. The van der Waals surface area contributed by atoms with Crippen molar-refractivity contribution in [2.75, 3.05) is 32.8 Å². The van der Waals surface area contributed by atoms with Crippen LogP contribution in [0.25, 0.3) is 0 Å². The summed E-state index contributed by atoms with van der Waals surface area (Å²) in [6.45, 7) is 0.510. The molecule has 0 bridgehead atoms. The number of hydrogen-bond donors (Lipinski definition) is 0. The number of halogens is 1. The maximum absolute atomic E-state index is 12.7. The average Bonchev–Trinajstić information content (AvgIpc) is 3.19. The van der Waals surface area contributed by atoms with E-state index in [1.807, 2.05) is 17.5 Å². The van der Waals surface area contributed by atoms with Crippen LogP contribution in [0.5, 0.6) is 0 Å². The largest absolute Gasteiger partial charge is 0.455 e. The van der Waals surface area contributed by atoms with Gasteiger partial charge in [-0.15, -0.1) is 11.3 Å². The summed E-state index contributed by atoms with van der Waals surface area (Å²) < 4.78 is 31.7. The summed E-state index contributed by atoms with van der Waals surface area (Å²) in [4.78, 5) is 26.6. The number of carbonyl (C=O) groups excluding carboxylic acids is 2. The molecule has 10 heteroatoms. The van der Waals surface area contributed by atoms with Gasteiger partial charge in [0.1, 0.15) is 0 Å². The van der Waals surface area contributed by atoms with Crippen LogP contribution in [0.15, 0.2) is 46.7 Å². The zero-order valence-corrected chi connectivity index (χ0v) is 17.3. The van der Waals surface area contributed by atoms with Crippen molar-refractivity contribution in [3.05, 3.63) is 51.7 Å². The lowest BCUT2D eigenvalue weighted by molar-refractivity contribution is -0.151. The van der Waals surface area contributed by atoms with Crippen molar-refractivity contribution in [3.63, 3.8) is 0 Å². The number of sulfonamides is 1. The van der Waals surface area contributed by atoms with Gasteiger partial charge in [-0.25, -0.2) is 8.42 Å². The number of piperazine rings is 1. The number of esters is 1. The average molecular weight is 443 g/mol. The van der Waals surface area contributed by atoms with E-state index in [4.69, 9.17) is 16.3 Å². The Morgan fingerprint density at radius 1 is 1.07 bits per heavy atom. The molecule has 1 fully saturated rings. The molecule has 1 aliphatic heterocycles. The van der Waals surface area contributed by atoms with Crippen molar-refractivity contribution < 1.29 is 22.7 Å². The van der Waals surface area contributed by atoms with E-state index < -0.39 is 16.0 Å². The van der Waals surface area contributed by atoms with Gasteiger partial charge in [-0.1, -0.05) is 17.7 Å². The fraction of sp³-hybridized carbons (Fsp3) is 0.333. The normalized spacial score (nSPS) is 15.4. The van der Waals surface area contributed by atoms with Crippen molar-refractivity contribution in [3.8, 4) is 0 Å². The Labute approximate surface area is 172 Å². The molecule has 0 unspecified atom stereocenters. The van der Waals surface area contributed by atoms with Crippen molar-refractivity contribution in [1.29, 1.82) is 0 Å². The molecule has 2 aromatic rings. The Hall–Kier alpha value is -1.94. The van der Waals surface area contributed by atoms with Gasteiger partial charge < -0.3 is 9.64 Å². The molecule has 28 heavy (non-hydrogen) atoms. The minimum Gasteiger partial charge on any atom is -0.455 e. The third-order valence-corrected chi connectivity index (χ3v) is 7.34. The second kappa shape index (κ2) is 9.04. The minimum atomic E-state index is -3.63. The zero-order valence-electron chi connectivity index (χ0n) is 14.9. The topological polar surface area (TPSA) is 84.0 Å². The summed E-state index contributed by atoms with van der Waals surface area (Å²) in [5, 5.41) is 2.33. The van der Waals surface area contributed by atoms with Gasteiger partial charge in [0.2, 0.25) is 10.0 Å². The number of rotatable bonds is 6. The van der Waals surface area contributed by atoms with Crippen LogP contribution < -0.4 is 0 Å². The molecule has 0 spiro atoms. The molecule has 0 N–H and O–H groups in total. The highest BCUT2D eigenvalue weighted by Gasteiger charge is 2.30. The summed E-state index contributed by atoms with van der Waals surface area (Å²) in [5.74, 6) is -0.789. The Morgan fingerprint density at radius 2 is 1.75 bits per heavy atom. The predicted molar refractivity (Wildman–Crippen MR) is 106 cm³/mol. The first-order valence-corrected chi connectivity index (χ1v) is 11.3. The standard InChI is InChI=1S/C18H19ClN2O5S2/c19-14-3-5-16(6-4-14)28(24,25)21-9-7-20(8-10-21)17(22)13-26-18(23)12-15-2-1-11-27-15/h1-6,11H,7-10,12-13H2. The lowest BCUT2D eigenvalue weighted by Gasteiger charge is -2.33. The van der Waals surface area contributed by atoms with E-state index in [-0.39, 0.29) is 50.0 Å². The van der Waals surface area contributed by atoms with Gasteiger partial charge in [-0.05, 0) is 35.7 Å². The van der Waals surface area contributed by atoms with Crippen molar-refractivity contribution in [1.82, 2.24) is 9.21 Å². The van der Waals surface area contributed by atoms with Crippen LogP contribution in [0.2, 0.25) is 5.02 Å². The summed E-state index contributed by atoms with van der Waals surface area (Å²) in [6, 6.07) is 9.64. The quantitative estimate of drug-likeness (QED) is 0.639. The SMILES string of the molecule is O=C(Cc1cccs1)OCC(=O)N1CCN(S(=O)(=O)c2ccc(Cl)cc2)CC1. The van der Waals surface area contributed by atoms with Crippen LogP contribution in [-0.4, -0.2) is 62.3 Å². The van der Waals surface area contributed by atoms with E-state index in [9.17, 15) is 18.0 Å². The van der Waals surface area contributed by atoms with E-state index in [0.717, 1.165) is 4.88 Å². The molecule has 1 saturated heterocycles. The number of carbonyl (C=O) groups is 2. The Bertz CT molecular complexity index is 921. The molecule has 7 nitrogen and oxygen atoms in total. The van der Waals surface area contributed by atoms with E-state index in [1.165, 1.54) is 44.8 Å². The summed E-state index contributed by atoms with van der Waals surface area (Å²) >= 11 is 7.25. The minimum absolute atomic E-state index is 0.137. The molecule has 1 amide bonds. The van der Waals surface area contributed by atoms with E-state index in [1.54, 1.807) is 0 Å². The van der Waals surface area contributed by atoms with Crippen LogP contribution in [0, 0.1) is 0 Å². The molecule has 2 heterocycles. The molecule has 0 aliphatic carbocycles. The monoisotopic (exact) mass is 442 g/mol. The molecule has 3 rings (SSSR count). The predicted octanol–water partition coefficient (Wildman–Crippen LogP) is 2.02. The summed E-state index contributed by atoms with van der Waals surface area (Å²) in [6.07, 6.45) is 0.137. The summed E-state index contributed by atoms with van der Waals surface area (Å²) in [7, 11) is -3.63. The van der Waals surface area contributed by atoms with Crippen molar-refractivity contribution in [2.24, 2.45) is 0 Å². The third-order valence-electron chi connectivity index (χ3n) is 4.30. The maximum Gasteiger partial charge on any atom is 0.311 e. The van der Waals surface area contributed by atoms with Crippen molar-refractivity contribution in [2.45, 2.75) is 11.3 Å². The van der Waals surface area contributed by atoms with Gasteiger partial charge in [0.25, 0.3) is 5.91 Å². The van der Waals surface area contributed by atoms with Crippen LogP contribution >= 0.6 is 22.9 Å². The fourth-order valence-corrected chi connectivity index (χ4v) is 5.01. The number of thiophene rings is 1. The summed E-state index contributed by atoms with van der Waals surface area (Å²) in [5.41, 5.74) is 0. The molecular weight excluding hydrogens is 424 g/mol. The zero-order chi connectivity index (χ0) is 20.1. The van der Waals surface area contributed by atoms with E-state index in [2.05, 4.69) is 0 Å². The van der Waals surface area contributed by atoms with E-state index in [0.29, 0.717) is 5.02 Å². The fourth-order valence-electron chi connectivity index (χ4n) is 2.77. The molecule has 1 aliphatic rings. The number of nitrogens with zero attached hydrogens (tertiary/aromatic N) is 2. The third kappa shape index (κ3) is 5.11. The van der Waals surface area contributed by atoms with Gasteiger partial charge in [0, 0.05) is 36.1 Å². The maximum atomic E-state index is 12.7. The Morgan fingerprint density at radius 3 is 2.36 bits per heavy atom. The molecule has 0 atom stereocenters. The highest BCUT2D eigenvalue weighted by atomic mass is 35.5. The second-order valence-corrected chi connectivity index (χ2v) is 9.56. The van der Waals surface area contributed by atoms with Gasteiger partial charge >= 0.3 is 5.97 Å². The molecule has 0 saturated carbocycles. The first-order chi connectivity index (χ1) is 13.4. The van der Waals surface area contributed by atoms with Crippen LogP contribution in [0.1, 0.15) is 4.88 Å².